The van der Waals surface area contributed by atoms with Crippen LogP contribution in [-0.2, 0) is 6.54 Å². The second-order valence-corrected chi connectivity index (χ2v) is 9.78. The number of pyridine rings is 1. The second-order valence-electron chi connectivity index (χ2n) is 8.87. The van der Waals surface area contributed by atoms with Crippen molar-refractivity contribution >= 4 is 46.1 Å². The number of hydrogen-bond donors (Lipinski definition) is 2. The van der Waals surface area contributed by atoms with Gasteiger partial charge in [-0.3, -0.25) is 0 Å². The van der Waals surface area contributed by atoms with Crippen molar-refractivity contribution in [1.82, 2.24) is 19.5 Å². The molecule has 1 aromatic carbocycles. The minimum Gasteiger partial charge on any atom is -0.396 e. The highest BCUT2D eigenvalue weighted by atomic mass is 32.2. The maximum absolute atomic E-state index is 9.37. The van der Waals surface area contributed by atoms with Crippen LogP contribution >= 0.6 is 11.9 Å². The molecular weight excluding hydrogens is 458 g/mol. The van der Waals surface area contributed by atoms with Gasteiger partial charge in [-0.25, -0.2) is 9.97 Å². The van der Waals surface area contributed by atoms with Gasteiger partial charge in [-0.15, -0.1) is 0 Å². The van der Waals surface area contributed by atoms with Crippen molar-refractivity contribution < 1.29 is 5.11 Å². The third kappa shape index (κ3) is 5.21. The Bertz CT molecular complexity index is 1270. The van der Waals surface area contributed by atoms with E-state index in [0.717, 1.165) is 54.0 Å². The molecule has 4 aromatic rings. The van der Waals surface area contributed by atoms with Crippen molar-refractivity contribution in [3.8, 4) is 0 Å². The molecule has 1 aliphatic heterocycles. The Labute approximate surface area is 210 Å². The summed E-state index contributed by atoms with van der Waals surface area (Å²) in [5, 5.41) is 13.7. The molecule has 0 bridgehead atoms. The van der Waals surface area contributed by atoms with E-state index in [9.17, 15) is 5.11 Å². The third-order valence-corrected chi connectivity index (χ3v) is 7.36. The Kier molecular flexibility index (Phi) is 7.06. The quantitative estimate of drug-likeness (QED) is 0.349. The van der Waals surface area contributed by atoms with Crippen molar-refractivity contribution in [2.24, 2.45) is 5.92 Å². The molecule has 0 spiro atoms. The van der Waals surface area contributed by atoms with Gasteiger partial charge in [0.05, 0.1) is 6.54 Å². The Morgan fingerprint density at radius 2 is 1.91 bits per heavy atom. The standard InChI is InChI=1S/C26H31N7OS/c1-31(35-2)24-21(4-3-12-27-24)17-33-15-11-20-16-28-26(30-25(20)33)29-22-5-7-23(8-6-22)32-13-9-19(18-34)10-14-32/h3-8,11-12,15-16,19,34H,9-10,13-14,17-18H2,1-2H3,(H,28,29,30). The van der Waals surface area contributed by atoms with Gasteiger partial charge in [0.2, 0.25) is 5.95 Å². The zero-order valence-electron chi connectivity index (χ0n) is 20.1. The van der Waals surface area contributed by atoms with E-state index in [-0.39, 0.29) is 0 Å². The van der Waals surface area contributed by atoms with Crippen LogP contribution in [0.3, 0.4) is 0 Å². The van der Waals surface area contributed by atoms with Crippen LogP contribution < -0.4 is 14.5 Å². The van der Waals surface area contributed by atoms with Crippen molar-refractivity contribution in [2.75, 3.05) is 47.5 Å². The van der Waals surface area contributed by atoms with Crippen LogP contribution in [0.25, 0.3) is 11.0 Å². The first-order chi connectivity index (χ1) is 17.1. The molecule has 3 aromatic heterocycles. The molecule has 0 unspecified atom stereocenters. The summed E-state index contributed by atoms with van der Waals surface area (Å²) in [4.78, 5) is 16.3. The first kappa shape index (κ1) is 23.4. The number of nitrogens with zero attached hydrogens (tertiary/aromatic N) is 6. The number of anilines is 4. The number of fused-ring (bicyclic) bond motifs is 1. The van der Waals surface area contributed by atoms with Gasteiger partial charge < -0.3 is 24.2 Å². The number of aliphatic hydroxyl groups is 1. The Hall–Kier alpha value is -3.30. The zero-order chi connectivity index (χ0) is 24.2. The summed E-state index contributed by atoms with van der Waals surface area (Å²) < 4.78 is 4.21. The average Bonchev–Trinajstić information content (AvgIpc) is 3.31. The van der Waals surface area contributed by atoms with Crippen molar-refractivity contribution in [2.45, 2.75) is 19.4 Å². The van der Waals surface area contributed by atoms with Crippen LogP contribution in [0.15, 0.2) is 61.1 Å². The summed E-state index contributed by atoms with van der Waals surface area (Å²) in [6, 6.07) is 14.5. The number of aliphatic hydroxyl groups excluding tert-OH is 1. The Balaban J connectivity index is 1.31. The van der Waals surface area contributed by atoms with Crippen LogP contribution in [-0.4, -0.2) is 57.6 Å². The maximum Gasteiger partial charge on any atom is 0.229 e. The molecule has 0 saturated carbocycles. The molecule has 0 amide bonds. The maximum atomic E-state index is 9.37. The molecule has 0 aliphatic carbocycles. The van der Waals surface area contributed by atoms with Crippen LogP contribution in [0, 0.1) is 5.92 Å². The lowest BCUT2D eigenvalue weighted by Gasteiger charge is -2.32. The summed E-state index contributed by atoms with van der Waals surface area (Å²) >= 11 is 1.64. The summed E-state index contributed by atoms with van der Waals surface area (Å²) in [6.07, 6.45) is 9.86. The van der Waals surface area contributed by atoms with Crippen LogP contribution in [0.4, 0.5) is 23.1 Å². The van der Waals surface area contributed by atoms with Gasteiger partial charge in [0.15, 0.2) is 0 Å². The molecule has 0 atom stereocenters. The molecule has 1 aliphatic rings. The van der Waals surface area contributed by atoms with E-state index in [1.54, 1.807) is 11.9 Å². The van der Waals surface area contributed by atoms with Gasteiger partial charge >= 0.3 is 0 Å². The number of hydrogen-bond acceptors (Lipinski definition) is 8. The molecular formula is C26H31N7OS. The number of nitrogens with one attached hydrogen (secondary N) is 1. The molecule has 4 heterocycles. The van der Waals surface area contributed by atoms with Crippen LogP contribution in [0.2, 0.25) is 0 Å². The van der Waals surface area contributed by atoms with E-state index in [2.05, 4.69) is 59.4 Å². The summed E-state index contributed by atoms with van der Waals surface area (Å²) in [6.45, 7) is 2.94. The van der Waals surface area contributed by atoms with E-state index in [4.69, 9.17) is 4.98 Å². The van der Waals surface area contributed by atoms with E-state index in [0.29, 0.717) is 25.0 Å². The van der Waals surface area contributed by atoms with Gasteiger partial charge in [-0.1, -0.05) is 18.0 Å². The highest BCUT2D eigenvalue weighted by Crippen LogP contribution is 2.26. The molecule has 9 heteroatoms. The van der Waals surface area contributed by atoms with E-state index in [1.807, 2.05) is 44.0 Å². The monoisotopic (exact) mass is 489 g/mol. The van der Waals surface area contributed by atoms with Gasteiger partial charge in [0, 0.05) is 73.9 Å². The predicted molar refractivity (Wildman–Crippen MR) is 145 cm³/mol. The molecule has 0 radical (unpaired) electrons. The first-order valence-electron chi connectivity index (χ1n) is 11.9. The van der Waals surface area contributed by atoms with Crippen molar-refractivity contribution in [3.63, 3.8) is 0 Å². The van der Waals surface area contributed by atoms with Gasteiger partial charge in [0.25, 0.3) is 0 Å². The molecule has 2 N–H and O–H groups in total. The molecule has 5 rings (SSSR count). The van der Waals surface area contributed by atoms with Gasteiger partial charge in [-0.2, -0.15) is 4.98 Å². The topological polar surface area (TPSA) is 82.3 Å². The Morgan fingerprint density at radius 3 is 2.66 bits per heavy atom. The molecule has 182 valence electrons. The number of piperidine rings is 1. The fourth-order valence-electron chi connectivity index (χ4n) is 4.52. The minimum atomic E-state index is 0.294. The predicted octanol–water partition coefficient (Wildman–Crippen LogP) is 4.54. The first-order valence-corrected chi connectivity index (χ1v) is 13.1. The van der Waals surface area contributed by atoms with E-state index in [1.165, 1.54) is 5.69 Å². The average molecular weight is 490 g/mol. The molecule has 1 fully saturated rings. The summed E-state index contributed by atoms with van der Waals surface area (Å²) in [5.41, 5.74) is 4.17. The fourth-order valence-corrected chi connectivity index (χ4v) is 4.86. The third-order valence-electron chi connectivity index (χ3n) is 6.64. The van der Waals surface area contributed by atoms with Gasteiger partial charge in [-0.05, 0) is 55.2 Å². The normalized spacial score (nSPS) is 14.4. The smallest absolute Gasteiger partial charge is 0.229 e. The fraction of sp³-hybridized carbons (Fsp3) is 0.346. The summed E-state index contributed by atoms with van der Waals surface area (Å²) in [7, 11) is 2.02. The minimum absolute atomic E-state index is 0.294. The number of aromatic nitrogens is 4. The van der Waals surface area contributed by atoms with E-state index >= 15 is 0 Å². The lowest BCUT2D eigenvalue weighted by molar-refractivity contribution is 0.203. The lowest BCUT2D eigenvalue weighted by atomic mass is 9.97. The lowest BCUT2D eigenvalue weighted by Crippen LogP contribution is -2.34. The van der Waals surface area contributed by atoms with Gasteiger partial charge in [0.1, 0.15) is 11.5 Å². The van der Waals surface area contributed by atoms with Crippen LogP contribution in [0.1, 0.15) is 18.4 Å². The van der Waals surface area contributed by atoms with E-state index < -0.39 is 0 Å². The SMILES string of the molecule is CSN(C)c1ncccc1Cn1ccc2cnc(Nc3ccc(N4CCC(CO)CC4)cc3)nc21. The van der Waals surface area contributed by atoms with Crippen molar-refractivity contribution in [1.29, 1.82) is 0 Å². The number of rotatable bonds is 8. The summed E-state index contributed by atoms with van der Waals surface area (Å²) in [5.74, 6) is 1.96. The van der Waals surface area contributed by atoms with Crippen molar-refractivity contribution in [3.05, 3.63) is 66.6 Å². The number of benzene rings is 1. The molecule has 35 heavy (non-hydrogen) atoms. The largest absolute Gasteiger partial charge is 0.396 e. The Morgan fingerprint density at radius 1 is 1.11 bits per heavy atom. The molecule has 8 nitrogen and oxygen atoms in total. The highest BCUT2D eigenvalue weighted by molar-refractivity contribution is 7.99. The van der Waals surface area contributed by atoms with Crippen LogP contribution in [0.5, 0.6) is 0 Å². The zero-order valence-corrected chi connectivity index (χ0v) is 20.9. The molecule has 1 saturated heterocycles. The highest BCUT2D eigenvalue weighted by Gasteiger charge is 2.18. The second kappa shape index (κ2) is 10.5.